The van der Waals surface area contributed by atoms with Crippen molar-refractivity contribution in [2.24, 2.45) is 5.10 Å². The lowest BCUT2D eigenvalue weighted by molar-refractivity contribution is 0.314. The van der Waals surface area contributed by atoms with E-state index in [0.29, 0.717) is 23.0 Å². The quantitative estimate of drug-likeness (QED) is 0.272. The number of hydrazone groups is 1. The molecule has 0 amide bonds. The molecule has 0 spiro atoms. The molecular formula is C15H10IN7O2. The first-order valence-corrected chi connectivity index (χ1v) is 8.21. The first kappa shape index (κ1) is 15.5. The van der Waals surface area contributed by atoms with Crippen LogP contribution in [-0.4, -0.2) is 26.5 Å². The van der Waals surface area contributed by atoms with Crippen molar-refractivity contribution in [3.63, 3.8) is 0 Å². The molecule has 0 saturated carbocycles. The zero-order valence-corrected chi connectivity index (χ0v) is 14.7. The summed E-state index contributed by atoms with van der Waals surface area (Å²) in [7, 11) is 0. The fourth-order valence-electron chi connectivity index (χ4n) is 1.99. The molecule has 4 rings (SSSR count). The number of furan rings is 1. The molecule has 0 aliphatic rings. The Kier molecular flexibility index (Phi) is 4.24. The van der Waals surface area contributed by atoms with Crippen molar-refractivity contribution in [2.45, 2.75) is 0 Å². The highest BCUT2D eigenvalue weighted by Crippen LogP contribution is 2.24. The molecule has 2 N–H and O–H groups in total. The smallest absolute Gasteiger partial charge is 0.245 e. The Morgan fingerprint density at radius 3 is 2.48 bits per heavy atom. The molecule has 25 heavy (non-hydrogen) atoms. The Morgan fingerprint density at radius 1 is 1.00 bits per heavy atom. The van der Waals surface area contributed by atoms with Gasteiger partial charge in [-0.15, -0.1) is 0 Å². The minimum atomic E-state index is 0.281. The minimum Gasteiger partial charge on any atom is -0.463 e. The lowest BCUT2D eigenvalue weighted by Gasteiger charge is -2.09. The minimum absolute atomic E-state index is 0.281. The Bertz CT molecular complexity index is 1010. The van der Waals surface area contributed by atoms with E-state index < -0.39 is 0 Å². The molecule has 0 unspecified atom stereocenters. The van der Waals surface area contributed by atoms with E-state index in [9.17, 15) is 0 Å². The van der Waals surface area contributed by atoms with Crippen LogP contribution in [0.4, 0.5) is 17.3 Å². The third kappa shape index (κ3) is 3.57. The lowest BCUT2D eigenvalue weighted by Crippen LogP contribution is -2.03. The van der Waals surface area contributed by atoms with Gasteiger partial charge in [0, 0.05) is 9.26 Å². The SMILES string of the molecule is Ic1ccc(Nc2nc3nonc3nc2N/N=C\c2ccco2)cc1. The Hall–Kier alpha value is -3.02. The molecule has 1 aromatic carbocycles. The van der Waals surface area contributed by atoms with Gasteiger partial charge in [0.1, 0.15) is 5.76 Å². The molecule has 4 aromatic rings. The van der Waals surface area contributed by atoms with Crippen LogP contribution in [0.5, 0.6) is 0 Å². The number of hydrogen-bond acceptors (Lipinski definition) is 9. The fourth-order valence-corrected chi connectivity index (χ4v) is 2.35. The number of benzene rings is 1. The Balaban J connectivity index is 1.64. The molecule has 0 aliphatic carbocycles. The highest BCUT2D eigenvalue weighted by molar-refractivity contribution is 14.1. The van der Waals surface area contributed by atoms with Gasteiger partial charge in [-0.2, -0.15) is 10.1 Å². The second-order valence-electron chi connectivity index (χ2n) is 4.85. The largest absolute Gasteiger partial charge is 0.463 e. The maximum atomic E-state index is 5.19. The van der Waals surface area contributed by atoms with Crippen molar-refractivity contribution in [1.29, 1.82) is 0 Å². The number of anilines is 3. The maximum Gasteiger partial charge on any atom is 0.245 e. The number of fused-ring (bicyclic) bond motifs is 1. The maximum absolute atomic E-state index is 5.19. The standard InChI is InChI=1S/C15H10IN7O2/c16-9-3-5-10(6-4-9)18-12-13(20-15-14(19-12)22-25-23-15)21-17-8-11-2-1-7-24-11/h1-8H,(H,18,19,22)(H,20,21,23)/b17-8-. The van der Waals surface area contributed by atoms with E-state index in [4.69, 9.17) is 4.42 Å². The Labute approximate surface area is 154 Å². The number of nitrogens with zero attached hydrogens (tertiary/aromatic N) is 5. The molecule has 0 fully saturated rings. The highest BCUT2D eigenvalue weighted by Gasteiger charge is 2.12. The second-order valence-corrected chi connectivity index (χ2v) is 6.10. The van der Waals surface area contributed by atoms with E-state index in [0.717, 1.165) is 9.26 Å². The van der Waals surface area contributed by atoms with Crippen molar-refractivity contribution in [3.05, 3.63) is 52.0 Å². The van der Waals surface area contributed by atoms with Crippen molar-refractivity contribution in [1.82, 2.24) is 20.3 Å². The van der Waals surface area contributed by atoms with E-state index in [-0.39, 0.29) is 5.65 Å². The summed E-state index contributed by atoms with van der Waals surface area (Å²) < 4.78 is 11.0. The molecule has 0 atom stereocenters. The van der Waals surface area contributed by atoms with E-state index in [2.05, 4.69) is 63.3 Å². The van der Waals surface area contributed by atoms with Gasteiger partial charge < -0.3 is 9.73 Å². The fraction of sp³-hybridized carbons (Fsp3) is 0. The van der Waals surface area contributed by atoms with Gasteiger partial charge in [0.25, 0.3) is 0 Å². The highest BCUT2D eigenvalue weighted by atomic mass is 127. The van der Waals surface area contributed by atoms with E-state index in [1.165, 1.54) is 6.21 Å². The zero-order chi connectivity index (χ0) is 17.1. The van der Waals surface area contributed by atoms with Gasteiger partial charge >= 0.3 is 0 Å². The number of nitrogens with one attached hydrogen (secondary N) is 2. The van der Waals surface area contributed by atoms with Crippen LogP contribution in [0.15, 0.2) is 56.8 Å². The molecule has 3 heterocycles. The number of halogens is 1. The molecular weight excluding hydrogens is 437 g/mol. The van der Waals surface area contributed by atoms with Crippen LogP contribution in [-0.2, 0) is 0 Å². The van der Waals surface area contributed by atoms with Gasteiger partial charge in [0.2, 0.25) is 11.3 Å². The predicted molar refractivity (Wildman–Crippen MR) is 99.8 cm³/mol. The summed E-state index contributed by atoms with van der Waals surface area (Å²) >= 11 is 2.24. The third-order valence-electron chi connectivity index (χ3n) is 3.13. The van der Waals surface area contributed by atoms with Crippen LogP contribution in [0.3, 0.4) is 0 Å². The van der Waals surface area contributed by atoms with Crippen LogP contribution in [0, 0.1) is 3.57 Å². The van der Waals surface area contributed by atoms with E-state index in [1.807, 2.05) is 24.3 Å². The average Bonchev–Trinajstić information content (AvgIpc) is 3.28. The lowest BCUT2D eigenvalue weighted by atomic mass is 10.3. The first-order valence-electron chi connectivity index (χ1n) is 7.13. The van der Waals surface area contributed by atoms with Gasteiger partial charge in [-0.05, 0) is 69.3 Å². The number of rotatable bonds is 5. The van der Waals surface area contributed by atoms with Crippen LogP contribution < -0.4 is 10.7 Å². The molecule has 10 heteroatoms. The van der Waals surface area contributed by atoms with Gasteiger partial charge in [-0.3, -0.25) is 5.43 Å². The van der Waals surface area contributed by atoms with Gasteiger partial charge in [-0.25, -0.2) is 9.61 Å². The molecule has 0 bridgehead atoms. The normalized spacial score (nSPS) is 11.2. The van der Waals surface area contributed by atoms with Crippen molar-refractivity contribution in [3.8, 4) is 0 Å². The second kappa shape index (κ2) is 6.84. The molecule has 9 nitrogen and oxygen atoms in total. The third-order valence-corrected chi connectivity index (χ3v) is 3.85. The van der Waals surface area contributed by atoms with E-state index >= 15 is 0 Å². The predicted octanol–water partition coefficient (Wildman–Crippen LogP) is 3.40. The summed E-state index contributed by atoms with van der Waals surface area (Å²) in [4.78, 5) is 8.68. The summed E-state index contributed by atoms with van der Waals surface area (Å²) in [6.45, 7) is 0. The summed E-state index contributed by atoms with van der Waals surface area (Å²) in [6, 6.07) is 11.4. The van der Waals surface area contributed by atoms with Crippen molar-refractivity contribution in [2.75, 3.05) is 10.7 Å². The van der Waals surface area contributed by atoms with Gasteiger partial charge in [0.05, 0.1) is 12.5 Å². The van der Waals surface area contributed by atoms with Crippen molar-refractivity contribution < 1.29 is 9.05 Å². The van der Waals surface area contributed by atoms with E-state index in [1.54, 1.807) is 18.4 Å². The molecule has 3 aromatic heterocycles. The summed E-state index contributed by atoms with van der Waals surface area (Å²) in [6.07, 6.45) is 3.10. The summed E-state index contributed by atoms with van der Waals surface area (Å²) in [5.74, 6) is 1.43. The molecule has 0 radical (unpaired) electrons. The topological polar surface area (TPSA) is 114 Å². The number of aromatic nitrogens is 4. The van der Waals surface area contributed by atoms with Crippen LogP contribution in [0.25, 0.3) is 11.3 Å². The van der Waals surface area contributed by atoms with Crippen LogP contribution in [0.1, 0.15) is 5.76 Å². The monoisotopic (exact) mass is 447 g/mol. The summed E-state index contributed by atoms with van der Waals surface area (Å²) in [5.41, 5.74) is 4.26. The Morgan fingerprint density at radius 2 is 1.76 bits per heavy atom. The average molecular weight is 447 g/mol. The molecule has 124 valence electrons. The van der Waals surface area contributed by atoms with Crippen LogP contribution in [0.2, 0.25) is 0 Å². The first-order chi connectivity index (χ1) is 12.3. The van der Waals surface area contributed by atoms with Gasteiger partial charge in [0.15, 0.2) is 11.6 Å². The molecule has 0 saturated heterocycles. The van der Waals surface area contributed by atoms with Crippen molar-refractivity contribution >= 4 is 57.4 Å². The number of hydrogen-bond donors (Lipinski definition) is 2. The summed E-state index contributed by atoms with van der Waals surface area (Å²) in [5, 5.41) is 14.7. The molecule has 0 aliphatic heterocycles. The van der Waals surface area contributed by atoms with Gasteiger partial charge in [-0.1, -0.05) is 0 Å². The zero-order valence-electron chi connectivity index (χ0n) is 12.5. The van der Waals surface area contributed by atoms with Crippen LogP contribution >= 0.6 is 22.6 Å².